The summed E-state index contributed by atoms with van der Waals surface area (Å²) in [7, 11) is 0. The Morgan fingerprint density at radius 3 is 2.76 bits per heavy atom. The standard InChI is InChI=1S/C15H17F3N2O/c1-15(21)3-5-20(8-15)4-2-9-7-19-14-11(17)6-10(16)13(18)12(9)14/h6-7,19,21H,2-5,8H2,1H3. The molecule has 0 amide bonds. The molecular formula is C15H17F3N2O. The van der Waals surface area contributed by atoms with E-state index in [2.05, 4.69) is 9.88 Å². The maximum atomic E-state index is 13.9. The van der Waals surface area contributed by atoms with Crippen LogP contribution in [0.2, 0.25) is 0 Å². The van der Waals surface area contributed by atoms with Crippen molar-refractivity contribution in [3.05, 3.63) is 35.3 Å². The zero-order chi connectivity index (χ0) is 15.2. The Kier molecular flexibility index (Phi) is 3.45. The Balaban J connectivity index is 1.82. The van der Waals surface area contributed by atoms with E-state index >= 15 is 0 Å². The Labute approximate surface area is 120 Å². The Bertz CT molecular complexity index is 681. The smallest absolute Gasteiger partial charge is 0.168 e. The number of aliphatic hydroxyl groups is 1. The van der Waals surface area contributed by atoms with Crippen molar-refractivity contribution in [2.45, 2.75) is 25.4 Å². The third-order valence-corrected chi connectivity index (χ3v) is 4.11. The van der Waals surface area contributed by atoms with Crippen LogP contribution in [0.25, 0.3) is 10.9 Å². The van der Waals surface area contributed by atoms with Gasteiger partial charge in [0.1, 0.15) is 5.82 Å². The third-order valence-electron chi connectivity index (χ3n) is 4.11. The van der Waals surface area contributed by atoms with Crippen LogP contribution >= 0.6 is 0 Å². The SMILES string of the molecule is CC1(O)CCN(CCc2c[nH]c3c(F)cc(F)c(F)c23)C1. The molecule has 21 heavy (non-hydrogen) atoms. The summed E-state index contributed by atoms with van der Waals surface area (Å²) in [5, 5.41) is 9.89. The molecule has 2 aromatic rings. The van der Waals surface area contributed by atoms with Crippen LogP contribution in [0.4, 0.5) is 13.2 Å². The van der Waals surface area contributed by atoms with Crippen molar-refractivity contribution in [2.24, 2.45) is 0 Å². The Morgan fingerprint density at radius 1 is 1.33 bits per heavy atom. The molecule has 1 unspecified atom stereocenters. The molecule has 3 nitrogen and oxygen atoms in total. The average Bonchev–Trinajstić information content (AvgIpc) is 2.97. The average molecular weight is 298 g/mol. The number of β-amino-alcohol motifs (C(OH)–C–C–N with tert-alkyl or cyclic N) is 1. The number of aromatic amines is 1. The molecular weight excluding hydrogens is 281 g/mol. The second-order valence-corrected chi connectivity index (χ2v) is 5.99. The maximum Gasteiger partial charge on any atom is 0.168 e. The monoisotopic (exact) mass is 298 g/mol. The van der Waals surface area contributed by atoms with Crippen molar-refractivity contribution in [1.29, 1.82) is 0 Å². The second kappa shape index (κ2) is 5.03. The second-order valence-electron chi connectivity index (χ2n) is 5.99. The van der Waals surface area contributed by atoms with Crippen molar-refractivity contribution in [2.75, 3.05) is 19.6 Å². The van der Waals surface area contributed by atoms with E-state index in [1.807, 2.05) is 0 Å². The normalized spacial score (nSPS) is 23.3. The summed E-state index contributed by atoms with van der Waals surface area (Å²) < 4.78 is 40.8. The van der Waals surface area contributed by atoms with Crippen molar-refractivity contribution in [3.8, 4) is 0 Å². The minimum Gasteiger partial charge on any atom is -0.389 e. The van der Waals surface area contributed by atoms with E-state index in [1.165, 1.54) is 6.20 Å². The molecule has 1 aliphatic rings. The van der Waals surface area contributed by atoms with E-state index in [9.17, 15) is 18.3 Å². The molecule has 1 fully saturated rings. The number of likely N-dealkylation sites (tertiary alicyclic amines) is 1. The van der Waals surface area contributed by atoms with E-state index in [1.54, 1.807) is 6.92 Å². The first-order valence-electron chi connectivity index (χ1n) is 6.95. The Hall–Kier alpha value is -1.53. The molecule has 2 N–H and O–H groups in total. The van der Waals surface area contributed by atoms with Gasteiger partial charge in [-0.05, 0) is 25.3 Å². The first-order valence-corrected chi connectivity index (χ1v) is 6.95. The Morgan fingerprint density at radius 2 is 2.10 bits per heavy atom. The van der Waals surface area contributed by atoms with Gasteiger partial charge in [0, 0.05) is 37.3 Å². The van der Waals surface area contributed by atoms with Gasteiger partial charge in [0.2, 0.25) is 0 Å². The number of halogens is 3. The quantitative estimate of drug-likeness (QED) is 0.855. The van der Waals surface area contributed by atoms with Crippen molar-refractivity contribution < 1.29 is 18.3 Å². The topological polar surface area (TPSA) is 39.3 Å². The van der Waals surface area contributed by atoms with Crippen molar-refractivity contribution >= 4 is 10.9 Å². The van der Waals surface area contributed by atoms with Gasteiger partial charge in [0.15, 0.2) is 11.6 Å². The summed E-state index contributed by atoms with van der Waals surface area (Å²) >= 11 is 0. The van der Waals surface area contributed by atoms with Gasteiger partial charge >= 0.3 is 0 Å². The lowest BCUT2D eigenvalue weighted by Gasteiger charge is -2.18. The highest BCUT2D eigenvalue weighted by atomic mass is 19.2. The van der Waals surface area contributed by atoms with Crippen LogP contribution in [-0.4, -0.2) is 40.2 Å². The number of hydrogen-bond donors (Lipinski definition) is 2. The molecule has 0 spiro atoms. The molecule has 3 rings (SSSR count). The maximum absolute atomic E-state index is 13.9. The molecule has 2 heterocycles. The molecule has 1 aliphatic heterocycles. The van der Waals surface area contributed by atoms with Crippen LogP contribution in [-0.2, 0) is 6.42 Å². The predicted molar refractivity (Wildman–Crippen MR) is 73.6 cm³/mol. The zero-order valence-electron chi connectivity index (χ0n) is 11.7. The molecule has 0 radical (unpaired) electrons. The number of rotatable bonds is 3. The van der Waals surface area contributed by atoms with Crippen molar-refractivity contribution in [3.63, 3.8) is 0 Å². The third kappa shape index (κ3) is 2.65. The minimum absolute atomic E-state index is 0.00248. The molecule has 114 valence electrons. The lowest BCUT2D eigenvalue weighted by atomic mass is 10.1. The van der Waals surface area contributed by atoms with Gasteiger partial charge in [-0.1, -0.05) is 0 Å². The van der Waals surface area contributed by atoms with E-state index < -0.39 is 23.1 Å². The molecule has 0 bridgehead atoms. The number of fused-ring (bicyclic) bond motifs is 1. The highest BCUT2D eigenvalue weighted by Crippen LogP contribution is 2.27. The number of hydrogen-bond acceptors (Lipinski definition) is 2. The molecule has 1 saturated heterocycles. The van der Waals surface area contributed by atoms with Crippen molar-refractivity contribution in [1.82, 2.24) is 9.88 Å². The van der Waals surface area contributed by atoms with Gasteiger partial charge in [-0.3, -0.25) is 0 Å². The first kappa shape index (κ1) is 14.4. The van der Waals surface area contributed by atoms with Gasteiger partial charge < -0.3 is 15.0 Å². The number of benzene rings is 1. The summed E-state index contributed by atoms with van der Waals surface area (Å²) in [6.45, 7) is 3.71. The fourth-order valence-electron chi connectivity index (χ4n) is 2.97. The molecule has 1 aromatic heterocycles. The van der Waals surface area contributed by atoms with Gasteiger partial charge in [-0.15, -0.1) is 0 Å². The van der Waals surface area contributed by atoms with Crippen LogP contribution in [0.1, 0.15) is 18.9 Å². The lowest BCUT2D eigenvalue weighted by molar-refractivity contribution is 0.0690. The largest absolute Gasteiger partial charge is 0.389 e. The highest BCUT2D eigenvalue weighted by molar-refractivity contribution is 5.84. The van der Waals surface area contributed by atoms with Gasteiger partial charge in [0.25, 0.3) is 0 Å². The number of nitrogens with one attached hydrogen (secondary N) is 1. The first-order chi connectivity index (χ1) is 9.87. The molecule has 1 aromatic carbocycles. The predicted octanol–water partition coefficient (Wildman–Crippen LogP) is 2.58. The van der Waals surface area contributed by atoms with E-state index in [0.29, 0.717) is 37.6 Å². The fraction of sp³-hybridized carbons (Fsp3) is 0.467. The van der Waals surface area contributed by atoms with Crippen LogP contribution in [0.5, 0.6) is 0 Å². The fourth-order valence-corrected chi connectivity index (χ4v) is 2.97. The van der Waals surface area contributed by atoms with Crippen LogP contribution in [0.3, 0.4) is 0 Å². The zero-order valence-corrected chi connectivity index (χ0v) is 11.7. The summed E-state index contributed by atoms with van der Waals surface area (Å²) in [6.07, 6.45) is 2.68. The molecule has 0 saturated carbocycles. The lowest BCUT2D eigenvalue weighted by Crippen LogP contribution is -2.30. The summed E-state index contributed by atoms with van der Waals surface area (Å²) in [4.78, 5) is 4.73. The van der Waals surface area contributed by atoms with Crippen LogP contribution in [0.15, 0.2) is 12.3 Å². The summed E-state index contributed by atoms with van der Waals surface area (Å²) in [5.74, 6) is -2.99. The van der Waals surface area contributed by atoms with E-state index in [4.69, 9.17) is 0 Å². The summed E-state index contributed by atoms with van der Waals surface area (Å²) in [5.41, 5.74) is -0.145. The molecule has 1 atom stereocenters. The summed E-state index contributed by atoms with van der Waals surface area (Å²) in [6, 6.07) is 0.551. The van der Waals surface area contributed by atoms with E-state index in [0.717, 1.165) is 6.54 Å². The molecule has 0 aliphatic carbocycles. The number of aromatic nitrogens is 1. The number of H-pyrrole nitrogens is 1. The number of nitrogens with zero attached hydrogens (tertiary/aromatic N) is 1. The van der Waals surface area contributed by atoms with Crippen LogP contribution in [0, 0.1) is 17.5 Å². The molecule has 6 heteroatoms. The van der Waals surface area contributed by atoms with Gasteiger partial charge in [0.05, 0.1) is 11.1 Å². The van der Waals surface area contributed by atoms with Gasteiger partial charge in [-0.2, -0.15) is 0 Å². The van der Waals surface area contributed by atoms with Crippen LogP contribution < -0.4 is 0 Å². The van der Waals surface area contributed by atoms with E-state index in [-0.39, 0.29) is 10.9 Å². The van der Waals surface area contributed by atoms with Gasteiger partial charge in [-0.25, -0.2) is 13.2 Å². The highest BCUT2D eigenvalue weighted by Gasteiger charge is 2.31. The minimum atomic E-state index is -1.18.